The van der Waals surface area contributed by atoms with Crippen LogP contribution in [0.4, 0.5) is 5.69 Å². The summed E-state index contributed by atoms with van der Waals surface area (Å²) in [5.41, 5.74) is 8.42. The molecule has 1 saturated heterocycles. The lowest BCUT2D eigenvalue weighted by Gasteiger charge is -2.40. The Hall–Kier alpha value is -1.02. The number of benzene rings is 1. The molecule has 0 spiro atoms. The molecule has 1 saturated carbocycles. The molecule has 1 heterocycles. The van der Waals surface area contributed by atoms with E-state index in [1.165, 1.54) is 70.0 Å². The molecule has 22 heavy (non-hydrogen) atoms. The van der Waals surface area contributed by atoms with Crippen LogP contribution in [0.2, 0.25) is 0 Å². The molecule has 0 amide bonds. The number of likely N-dealkylation sites (tertiary alicyclic amines) is 1. The minimum absolute atomic E-state index is 0.794. The summed E-state index contributed by atoms with van der Waals surface area (Å²) in [5, 5.41) is 0. The third-order valence-electron chi connectivity index (χ3n) is 6.12. The van der Waals surface area contributed by atoms with E-state index < -0.39 is 0 Å². The standard InChI is InChI=1S/C20H32N2/c1-16(18-7-3-2-4-8-18)22-13-11-17(12-14-22)15-19-9-5-6-10-20(19)21/h5-6,9-10,16-18H,2-4,7-8,11-15,21H2,1H3/t16-/m0/s1. The zero-order valence-electron chi connectivity index (χ0n) is 14.1. The predicted octanol–water partition coefficient (Wildman–Crippen LogP) is 4.49. The minimum Gasteiger partial charge on any atom is -0.399 e. The fourth-order valence-electron chi connectivity index (χ4n) is 4.51. The van der Waals surface area contributed by atoms with E-state index in [2.05, 4.69) is 24.0 Å². The van der Waals surface area contributed by atoms with Crippen LogP contribution < -0.4 is 5.73 Å². The highest BCUT2D eigenvalue weighted by Gasteiger charge is 2.28. The quantitative estimate of drug-likeness (QED) is 0.830. The monoisotopic (exact) mass is 300 g/mol. The number of piperidine rings is 1. The number of anilines is 1. The third kappa shape index (κ3) is 3.84. The Morgan fingerprint density at radius 3 is 2.41 bits per heavy atom. The van der Waals surface area contributed by atoms with Crippen LogP contribution in [-0.4, -0.2) is 24.0 Å². The highest BCUT2D eigenvalue weighted by molar-refractivity contribution is 5.46. The van der Waals surface area contributed by atoms with Crippen molar-refractivity contribution in [2.24, 2.45) is 11.8 Å². The van der Waals surface area contributed by atoms with E-state index in [9.17, 15) is 0 Å². The number of nitrogen functional groups attached to an aromatic ring is 1. The van der Waals surface area contributed by atoms with Crippen molar-refractivity contribution in [3.63, 3.8) is 0 Å². The van der Waals surface area contributed by atoms with Crippen LogP contribution in [0.5, 0.6) is 0 Å². The van der Waals surface area contributed by atoms with Crippen LogP contribution in [-0.2, 0) is 6.42 Å². The molecule has 1 aliphatic heterocycles. The van der Waals surface area contributed by atoms with Gasteiger partial charge in [-0.05, 0) is 75.6 Å². The molecule has 0 unspecified atom stereocenters. The molecule has 0 radical (unpaired) electrons. The summed E-state index contributed by atoms with van der Waals surface area (Å²) in [7, 11) is 0. The third-order valence-corrected chi connectivity index (χ3v) is 6.12. The summed E-state index contributed by atoms with van der Waals surface area (Å²) < 4.78 is 0. The second kappa shape index (κ2) is 7.50. The fraction of sp³-hybridized carbons (Fsp3) is 0.700. The van der Waals surface area contributed by atoms with Crippen LogP contribution >= 0.6 is 0 Å². The highest BCUT2D eigenvalue weighted by atomic mass is 15.2. The molecule has 3 rings (SSSR count). The summed E-state index contributed by atoms with van der Waals surface area (Å²) in [6, 6.07) is 9.18. The lowest BCUT2D eigenvalue weighted by molar-refractivity contribution is 0.0895. The van der Waals surface area contributed by atoms with Gasteiger partial charge in [0.15, 0.2) is 0 Å². The molecule has 2 aliphatic rings. The molecule has 0 aromatic heterocycles. The number of nitrogens with zero attached hydrogens (tertiary/aromatic N) is 1. The van der Waals surface area contributed by atoms with E-state index >= 15 is 0 Å². The van der Waals surface area contributed by atoms with Gasteiger partial charge in [-0.2, -0.15) is 0 Å². The normalized spacial score (nSPS) is 23.5. The molecular formula is C20H32N2. The summed E-state index contributed by atoms with van der Waals surface area (Å²) >= 11 is 0. The van der Waals surface area contributed by atoms with Gasteiger partial charge < -0.3 is 10.6 Å². The van der Waals surface area contributed by atoms with Crippen molar-refractivity contribution >= 4 is 5.69 Å². The minimum atomic E-state index is 0.794. The Morgan fingerprint density at radius 1 is 1.05 bits per heavy atom. The Bertz CT molecular complexity index is 457. The number of para-hydroxylation sites is 1. The van der Waals surface area contributed by atoms with Gasteiger partial charge in [-0.3, -0.25) is 0 Å². The SMILES string of the molecule is C[C@@H](C1CCCCC1)N1CCC(Cc2ccccc2N)CC1. The van der Waals surface area contributed by atoms with Gasteiger partial charge in [0.25, 0.3) is 0 Å². The molecule has 2 fully saturated rings. The molecule has 1 aromatic carbocycles. The molecule has 2 nitrogen and oxygen atoms in total. The summed E-state index contributed by atoms with van der Waals surface area (Å²) in [6.45, 7) is 5.05. The molecule has 2 N–H and O–H groups in total. The van der Waals surface area contributed by atoms with Gasteiger partial charge in [-0.1, -0.05) is 37.5 Å². The van der Waals surface area contributed by atoms with Gasteiger partial charge >= 0.3 is 0 Å². The van der Waals surface area contributed by atoms with Gasteiger partial charge in [-0.25, -0.2) is 0 Å². The van der Waals surface area contributed by atoms with Gasteiger partial charge in [0.2, 0.25) is 0 Å². The maximum Gasteiger partial charge on any atom is 0.0346 e. The fourth-order valence-corrected chi connectivity index (χ4v) is 4.51. The van der Waals surface area contributed by atoms with Crippen LogP contribution in [0.25, 0.3) is 0 Å². The van der Waals surface area contributed by atoms with E-state index in [1.807, 2.05) is 12.1 Å². The van der Waals surface area contributed by atoms with Gasteiger partial charge in [0, 0.05) is 11.7 Å². The Morgan fingerprint density at radius 2 is 1.73 bits per heavy atom. The molecule has 0 bridgehead atoms. The summed E-state index contributed by atoms with van der Waals surface area (Å²) in [5.74, 6) is 1.77. The number of nitrogens with two attached hydrogens (primary N) is 1. The van der Waals surface area contributed by atoms with Crippen molar-refractivity contribution in [2.45, 2.75) is 64.3 Å². The van der Waals surface area contributed by atoms with Crippen molar-refractivity contribution in [3.8, 4) is 0 Å². The molecule has 2 heteroatoms. The maximum atomic E-state index is 6.10. The van der Waals surface area contributed by atoms with Crippen LogP contribution in [0.3, 0.4) is 0 Å². The zero-order valence-corrected chi connectivity index (χ0v) is 14.1. The van der Waals surface area contributed by atoms with E-state index in [0.717, 1.165) is 23.6 Å². The van der Waals surface area contributed by atoms with Crippen molar-refractivity contribution < 1.29 is 0 Å². The summed E-state index contributed by atoms with van der Waals surface area (Å²) in [4.78, 5) is 2.76. The average molecular weight is 300 g/mol. The van der Waals surface area contributed by atoms with Gasteiger partial charge in [0.05, 0.1) is 0 Å². The van der Waals surface area contributed by atoms with E-state index in [0.29, 0.717) is 0 Å². The molecule has 1 aromatic rings. The smallest absolute Gasteiger partial charge is 0.0346 e. The van der Waals surface area contributed by atoms with Crippen molar-refractivity contribution in [1.82, 2.24) is 4.90 Å². The van der Waals surface area contributed by atoms with Crippen LogP contribution in [0, 0.1) is 11.8 Å². The highest BCUT2D eigenvalue weighted by Crippen LogP contribution is 2.32. The number of hydrogen-bond acceptors (Lipinski definition) is 2. The Balaban J connectivity index is 1.48. The lowest BCUT2D eigenvalue weighted by atomic mass is 9.82. The van der Waals surface area contributed by atoms with E-state index in [4.69, 9.17) is 5.73 Å². The first-order valence-corrected chi connectivity index (χ1v) is 9.31. The largest absolute Gasteiger partial charge is 0.399 e. The Labute approximate surface area is 136 Å². The first-order chi connectivity index (χ1) is 10.7. The van der Waals surface area contributed by atoms with Crippen molar-refractivity contribution in [3.05, 3.63) is 29.8 Å². The summed E-state index contributed by atoms with van der Waals surface area (Å²) in [6.07, 6.45) is 11.1. The molecular weight excluding hydrogens is 268 g/mol. The molecule has 1 aliphatic carbocycles. The number of rotatable bonds is 4. The first-order valence-electron chi connectivity index (χ1n) is 9.31. The maximum absolute atomic E-state index is 6.10. The lowest BCUT2D eigenvalue weighted by Crippen LogP contribution is -2.44. The average Bonchev–Trinajstić information content (AvgIpc) is 2.58. The first kappa shape index (κ1) is 15.9. The molecule has 1 atom stereocenters. The van der Waals surface area contributed by atoms with Gasteiger partial charge in [-0.15, -0.1) is 0 Å². The predicted molar refractivity (Wildman–Crippen MR) is 94.9 cm³/mol. The second-order valence-corrected chi connectivity index (χ2v) is 7.52. The second-order valence-electron chi connectivity index (χ2n) is 7.52. The van der Waals surface area contributed by atoms with Crippen LogP contribution in [0.1, 0.15) is 57.4 Å². The van der Waals surface area contributed by atoms with Crippen molar-refractivity contribution in [1.29, 1.82) is 0 Å². The zero-order chi connectivity index (χ0) is 15.4. The van der Waals surface area contributed by atoms with E-state index in [-0.39, 0.29) is 0 Å². The molecule has 122 valence electrons. The topological polar surface area (TPSA) is 29.3 Å². The van der Waals surface area contributed by atoms with Crippen molar-refractivity contribution in [2.75, 3.05) is 18.8 Å². The van der Waals surface area contributed by atoms with Gasteiger partial charge in [0.1, 0.15) is 0 Å². The van der Waals surface area contributed by atoms with Crippen LogP contribution in [0.15, 0.2) is 24.3 Å². The Kier molecular flexibility index (Phi) is 5.41. The van der Waals surface area contributed by atoms with E-state index in [1.54, 1.807) is 0 Å². The number of hydrogen-bond donors (Lipinski definition) is 1.